The topological polar surface area (TPSA) is 32.3 Å². The average molecular weight is 314 g/mol. The highest BCUT2D eigenvalue weighted by Crippen LogP contribution is 2.47. The molecule has 2 heterocycles. The van der Waals surface area contributed by atoms with Crippen molar-refractivity contribution in [3.63, 3.8) is 0 Å². The van der Waals surface area contributed by atoms with Gasteiger partial charge in [0.15, 0.2) is 0 Å². The van der Waals surface area contributed by atoms with Gasteiger partial charge < -0.3 is 5.43 Å². The van der Waals surface area contributed by atoms with E-state index in [9.17, 15) is 4.21 Å². The molecule has 2 unspecified atom stereocenters. The Bertz CT molecular complexity index is 720. The van der Waals surface area contributed by atoms with Crippen molar-refractivity contribution in [1.29, 1.82) is 0 Å². The van der Waals surface area contributed by atoms with Crippen LogP contribution in [0.15, 0.2) is 46.0 Å². The quantitative estimate of drug-likeness (QED) is 0.863. The van der Waals surface area contributed by atoms with Gasteiger partial charge in [0.05, 0.1) is 21.7 Å². The molecule has 3 aliphatic rings. The minimum absolute atomic E-state index is 0.130. The molecule has 0 saturated heterocycles. The smallest absolute Gasteiger partial charge is 0.0682 e. The van der Waals surface area contributed by atoms with Crippen molar-refractivity contribution in [3.8, 4) is 0 Å². The maximum Gasteiger partial charge on any atom is 0.0682 e. The summed E-state index contributed by atoms with van der Waals surface area (Å²) in [4.78, 5) is 1.19. The number of rotatable bonds is 1. The maximum atomic E-state index is 13.0. The number of fused-ring (bicyclic) bond motifs is 1. The van der Waals surface area contributed by atoms with E-state index in [0.717, 1.165) is 32.2 Å². The van der Waals surface area contributed by atoms with Gasteiger partial charge in [-0.25, -0.2) is 5.01 Å². The summed E-state index contributed by atoms with van der Waals surface area (Å²) in [7, 11) is 1.21. The Morgan fingerprint density at radius 3 is 2.95 bits per heavy atom. The highest BCUT2D eigenvalue weighted by atomic mass is 32.2. The lowest BCUT2D eigenvalue weighted by molar-refractivity contribution is 0.248. The van der Waals surface area contributed by atoms with Crippen LogP contribution in [0.25, 0.3) is 0 Å². The second-order valence-corrected chi connectivity index (χ2v) is 8.22. The molecular weight excluding hydrogens is 292 g/mol. The highest BCUT2D eigenvalue weighted by molar-refractivity contribution is 7.89. The van der Waals surface area contributed by atoms with Crippen LogP contribution < -0.4 is 5.43 Å². The summed E-state index contributed by atoms with van der Waals surface area (Å²) in [6, 6.07) is 8.50. The van der Waals surface area contributed by atoms with Crippen LogP contribution in [0.4, 0.5) is 0 Å². The van der Waals surface area contributed by atoms with Gasteiger partial charge in [0.25, 0.3) is 0 Å². The Morgan fingerprint density at radius 1 is 1.27 bits per heavy atom. The fraction of sp³-hybridized carbons (Fsp3) is 0.444. The van der Waals surface area contributed by atoms with Crippen LogP contribution >= 0.6 is 0 Å². The Morgan fingerprint density at radius 2 is 2.14 bits per heavy atom. The third-order valence-electron chi connectivity index (χ3n) is 5.00. The van der Waals surface area contributed by atoms with Gasteiger partial charge >= 0.3 is 0 Å². The lowest BCUT2D eigenvalue weighted by Crippen LogP contribution is -2.40. The van der Waals surface area contributed by atoms with Crippen molar-refractivity contribution < 1.29 is 4.21 Å². The predicted octanol–water partition coefficient (Wildman–Crippen LogP) is 3.33. The first-order valence-corrected chi connectivity index (χ1v) is 9.24. The fourth-order valence-corrected chi connectivity index (χ4v) is 5.61. The summed E-state index contributed by atoms with van der Waals surface area (Å²) in [5, 5.41) is 2.28. The summed E-state index contributed by atoms with van der Waals surface area (Å²) in [6.45, 7) is 3.17. The van der Waals surface area contributed by atoms with Crippen molar-refractivity contribution in [2.24, 2.45) is 0 Å². The standard InChI is InChI=1S/C18H22N2OS/c1-12-4-3-5-14(10-12)17-11-15-16(22(17)21)7-6-13-8-9-20(2)19-18(13)15/h3-5,10,17,19H,6-9,11H2,1-2H3. The van der Waals surface area contributed by atoms with Crippen LogP contribution in [0.2, 0.25) is 0 Å². The molecular formula is C18H22N2OS. The van der Waals surface area contributed by atoms with Gasteiger partial charge in [-0.15, -0.1) is 0 Å². The lowest BCUT2D eigenvalue weighted by atomic mass is 9.89. The van der Waals surface area contributed by atoms with Crippen molar-refractivity contribution >= 4 is 10.8 Å². The van der Waals surface area contributed by atoms with Crippen LogP contribution in [0.3, 0.4) is 0 Å². The van der Waals surface area contributed by atoms with E-state index in [-0.39, 0.29) is 5.25 Å². The number of hydrogen-bond donors (Lipinski definition) is 1. The summed E-state index contributed by atoms with van der Waals surface area (Å²) in [6.07, 6.45) is 4.10. The molecule has 0 amide bonds. The van der Waals surface area contributed by atoms with Crippen LogP contribution in [0.1, 0.15) is 42.1 Å². The molecule has 116 valence electrons. The number of nitrogens with one attached hydrogen (secondary N) is 1. The Labute approximate surface area is 134 Å². The molecule has 3 nitrogen and oxygen atoms in total. The Kier molecular flexibility index (Phi) is 3.46. The molecule has 1 aliphatic carbocycles. The summed E-state index contributed by atoms with van der Waals surface area (Å²) >= 11 is 0. The monoisotopic (exact) mass is 314 g/mol. The molecule has 0 aromatic heterocycles. The maximum absolute atomic E-state index is 13.0. The second kappa shape index (κ2) is 5.36. The van der Waals surface area contributed by atoms with Crippen molar-refractivity contribution in [2.75, 3.05) is 13.6 Å². The molecule has 1 N–H and O–H groups in total. The minimum Gasteiger partial charge on any atom is -0.319 e. The zero-order chi connectivity index (χ0) is 15.3. The molecule has 22 heavy (non-hydrogen) atoms. The number of aryl methyl sites for hydroxylation is 1. The molecule has 0 spiro atoms. The van der Waals surface area contributed by atoms with Crippen molar-refractivity contribution in [3.05, 3.63) is 57.1 Å². The van der Waals surface area contributed by atoms with Gasteiger partial charge in [-0.05, 0) is 49.3 Å². The van der Waals surface area contributed by atoms with Crippen LogP contribution in [0.5, 0.6) is 0 Å². The van der Waals surface area contributed by atoms with E-state index < -0.39 is 10.8 Å². The molecule has 4 heteroatoms. The van der Waals surface area contributed by atoms with E-state index in [2.05, 4.69) is 48.7 Å². The normalized spacial score (nSPS) is 28.5. The molecule has 0 fully saturated rings. The predicted molar refractivity (Wildman–Crippen MR) is 90.3 cm³/mol. The molecule has 1 aromatic carbocycles. The summed E-state index contributed by atoms with van der Waals surface area (Å²) in [5.41, 5.74) is 10.1. The molecule has 0 bridgehead atoms. The Balaban J connectivity index is 1.69. The van der Waals surface area contributed by atoms with E-state index in [4.69, 9.17) is 0 Å². The van der Waals surface area contributed by atoms with Gasteiger partial charge in [0.2, 0.25) is 0 Å². The van der Waals surface area contributed by atoms with Crippen LogP contribution in [-0.2, 0) is 10.8 Å². The summed E-state index contributed by atoms with van der Waals surface area (Å²) < 4.78 is 13.0. The van der Waals surface area contributed by atoms with Gasteiger partial charge in [-0.3, -0.25) is 4.21 Å². The van der Waals surface area contributed by atoms with Crippen LogP contribution in [0, 0.1) is 6.92 Å². The molecule has 0 saturated carbocycles. The van der Waals surface area contributed by atoms with Crippen molar-refractivity contribution in [1.82, 2.24) is 10.4 Å². The first-order valence-electron chi connectivity index (χ1n) is 8.03. The zero-order valence-corrected chi connectivity index (χ0v) is 14.0. The van der Waals surface area contributed by atoms with Gasteiger partial charge in [-0.1, -0.05) is 29.8 Å². The number of benzene rings is 1. The zero-order valence-electron chi connectivity index (χ0n) is 13.2. The van der Waals surface area contributed by atoms with E-state index >= 15 is 0 Å². The number of hydrazine groups is 1. The first-order chi connectivity index (χ1) is 10.6. The van der Waals surface area contributed by atoms with Gasteiger partial charge in [0.1, 0.15) is 0 Å². The van der Waals surface area contributed by atoms with Gasteiger partial charge in [-0.2, -0.15) is 0 Å². The van der Waals surface area contributed by atoms with Crippen molar-refractivity contribution in [2.45, 2.75) is 37.9 Å². The third-order valence-corrected chi connectivity index (χ3v) is 6.89. The fourth-order valence-electron chi connectivity index (χ4n) is 3.82. The highest BCUT2D eigenvalue weighted by Gasteiger charge is 2.38. The largest absolute Gasteiger partial charge is 0.319 e. The SMILES string of the molecule is Cc1cccc(C2CC3=C(CCC4=C3NN(C)CC4)S2=O)c1. The average Bonchev–Trinajstić information content (AvgIpc) is 2.85. The number of allylic oxidation sites excluding steroid dienone is 2. The molecule has 1 aromatic rings. The number of hydrogen-bond acceptors (Lipinski definition) is 3. The van der Waals surface area contributed by atoms with Crippen LogP contribution in [-0.4, -0.2) is 22.8 Å². The van der Waals surface area contributed by atoms with E-state index in [1.165, 1.54) is 32.9 Å². The molecule has 2 atom stereocenters. The Hall–Kier alpha value is -1.39. The molecule has 4 rings (SSSR count). The summed E-state index contributed by atoms with van der Waals surface area (Å²) in [5.74, 6) is 0. The first kappa shape index (κ1) is 14.2. The second-order valence-electron chi connectivity index (χ2n) is 6.57. The molecule has 0 radical (unpaired) electrons. The lowest BCUT2D eigenvalue weighted by Gasteiger charge is -2.33. The van der Waals surface area contributed by atoms with Gasteiger partial charge in [0, 0.05) is 18.5 Å². The van der Waals surface area contributed by atoms with E-state index in [1.54, 1.807) is 0 Å². The van der Waals surface area contributed by atoms with E-state index in [0.29, 0.717) is 0 Å². The number of nitrogens with zero attached hydrogens (tertiary/aromatic N) is 1. The third kappa shape index (κ3) is 2.25. The van der Waals surface area contributed by atoms with E-state index in [1.807, 2.05) is 0 Å². The molecule has 2 aliphatic heterocycles. The minimum atomic E-state index is -0.876.